The summed E-state index contributed by atoms with van der Waals surface area (Å²) in [6.45, 7) is 4.44. The van der Waals surface area contributed by atoms with Crippen LogP contribution in [-0.4, -0.2) is 29.5 Å². The average molecular weight is 247 g/mol. The first-order chi connectivity index (χ1) is 8.65. The number of pyridine rings is 1. The number of nitrogens with zero attached hydrogens (tertiary/aromatic N) is 2. The average Bonchev–Trinajstić information content (AvgIpc) is 2.35. The summed E-state index contributed by atoms with van der Waals surface area (Å²) in [5.41, 5.74) is 7.57. The fourth-order valence-corrected chi connectivity index (χ4v) is 3.00. The van der Waals surface area contributed by atoms with E-state index in [2.05, 4.69) is 36.0 Å². The van der Waals surface area contributed by atoms with Gasteiger partial charge in [-0.2, -0.15) is 0 Å². The number of rotatable bonds is 4. The van der Waals surface area contributed by atoms with Crippen LogP contribution in [0.1, 0.15) is 31.7 Å². The van der Waals surface area contributed by atoms with Gasteiger partial charge in [0.15, 0.2) is 0 Å². The third-order valence-electron chi connectivity index (χ3n) is 4.05. The molecule has 2 rings (SSSR count). The minimum Gasteiger partial charge on any atom is -0.327 e. The molecule has 3 nitrogen and oxygen atoms in total. The molecule has 1 aromatic heterocycles. The van der Waals surface area contributed by atoms with E-state index >= 15 is 0 Å². The second-order valence-electron chi connectivity index (χ2n) is 5.89. The third kappa shape index (κ3) is 3.79. The Bertz CT molecular complexity index is 352. The van der Waals surface area contributed by atoms with Gasteiger partial charge in [0.05, 0.1) is 0 Å². The van der Waals surface area contributed by atoms with E-state index < -0.39 is 0 Å². The van der Waals surface area contributed by atoms with Crippen LogP contribution in [-0.2, 0) is 6.54 Å². The molecule has 0 saturated heterocycles. The van der Waals surface area contributed by atoms with Gasteiger partial charge in [0.1, 0.15) is 0 Å². The Morgan fingerprint density at radius 3 is 2.78 bits per heavy atom. The minimum atomic E-state index is 0.390. The zero-order chi connectivity index (χ0) is 13.0. The predicted molar refractivity (Wildman–Crippen MR) is 75.1 cm³/mol. The molecule has 1 aliphatic carbocycles. The molecule has 18 heavy (non-hydrogen) atoms. The van der Waals surface area contributed by atoms with Crippen molar-refractivity contribution in [3.63, 3.8) is 0 Å². The lowest BCUT2D eigenvalue weighted by Gasteiger charge is -2.35. The van der Waals surface area contributed by atoms with E-state index in [1.54, 1.807) is 0 Å². The van der Waals surface area contributed by atoms with Gasteiger partial charge in [-0.25, -0.2) is 0 Å². The monoisotopic (exact) mass is 247 g/mol. The van der Waals surface area contributed by atoms with E-state index in [4.69, 9.17) is 5.73 Å². The third-order valence-corrected chi connectivity index (χ3v) is 4.05. The van der Waals surface area contributed by atoms with E-state index in [-0.39, 0.29) is 0 Å². The van der Waals surface area contributed by atoms with Crippen LogP contribution in [0.5, 0.6) is 0 Å². The molecule has 0 bridgehead atoms. The van der Waals surface area contributed by atoms with Crippen molar-refractivity contribution in [3.05, 3.63) is 30.1 Å². The molecule has 1 aromatic rings. The maximum atomic E-state index is 6.25. The van der Waals surface area contributed by atoms with Gasteiger partial charge in [0.25, 0.3) is 0 Å². The highest BCUT2D eigenvalue weighted by Crippen LogP contribution is 2.28. The zero-order valence-electron chi connectivity index (χ0n) is 11.5. The van der Waals surface area contributed by atoms with Crippen LogP contribution in [0.2, 0.25) is 0 Å². The first-order valence-corrected chi connectivity index (χ1v) is 6.98. The Balaban J connectivity index is 1.85. The predicted octanol–water partition coefficient (Wildman–Crippen LogP) is 2.28. The molecule has 0 aliphatic heterocycles. The molecule has 100 valence electrons. The molecule has 2 N–H and O–H groups in total. The first kappa shape index (κ1) is 13.5. The van der Waals surface area contributed by atoms with Crippen molar-refractivity contribution in [1.29, 1.82) is 0 Å². The van der Waals surface area contributed by atoms with E-state index in [1.165, 1.54) is 24.8 Å². The van der Waals surface area contributed by atoms with Gasteiger partial charge in [-0.1, -0.05) is 6.92 Å². The Labute approximate surface area is 110 Å². The SMILES string of the molecule is CC1CCC(N)C(CN(C)Cc2ccncc2)C1. The molecule has 3 heteroatoms. The summed E-state index contributed by atoms with van der Waals surface area (Å²) in [7, 11) is 2.19. The highest BCUT2D eigenvalue weighted by atomic mass is 15.1. The molecule has 0 radical (unpaired) electrons. The fraction of sp³-hybridized carbons (Fsp3) is 0.667. The second kappa shape index (κ2) is 6.30. The highest BCUT2D eigenvalue weighted by molar-refractivity contribution is 5.09. The largest absolute Gasteiger partial charge is 0.327 e. The molecular formula is C15H25N3. The number of hydrogen-bond donors (Lipinski definition) is 1. The quantitative estimate of drug-likeness (QED) is 0.887. The number of hydrogen-bond acceptors (Lipinski definition) is 3. The molecule has 1 aliphatic rings. The fourth-order valence-electron chi connectivity index (χ4n) is 3.00. The van der Waals surface area contributed by atoms with Crippen LogP contribution >= 0.6 is 0 Å². The van der Waals surface area contributed by atoms with Crippen LogP contribution < -0.4 is 5.73 Å². The van der Waals surface area contributed by atoms with Gasteiger partial charge in [-0.05, 0) is 55.8 Å². The first-order valence-electron chi connectivity index (χ1n) is 6.98. The smallest absolute Gasteiger partial charge is 0.0271 e. The summed E-state index contributed by atoms with van der Waals surface area (Å²) in [6.07, 6.45) is 7.48. The van der Waals surface area contributed by atoms with Crippen LogP contribution in [0.25, 0.3) is 0 Å². The maximum absolute atomic E-state index is 6.25. The molecule has 3 unspecified atom stereocenters. The van der Waals surface area contributed by atoms with Crippen molar-refractivity contribution < 1.29 is 0 Å². The Kier molecular flexibility index (Phi) is 4.72. The molecular weight excluding hydrogens is 222 g/mol. The molecule has 3 atom stereocenters. The van der Waals surface area contributed by atoms with Gasteiger partial charge in [0, 0.05) is 31.5 Å². The van der Waals surface area contributed by atoms with Crippen LogP contribution in [0.3, 0.4) is 0 Å². The minimum absolute atomic E-state index is 0.390. The lowest BCUT2D eigenvalue weighted by molar-refractivity contribution is 0.177. The van der Waals surface area contributed by atoms with Gasteiger partial charge in [0.2, 0.25) is 0 Å². The van der Waals surface area contributed by atoms with E-state index in [1.807, 2.05) is 12.4 Å². The zero-order valence-corrected chi connectivity index (χ0v) is 11.5. The summed E-state index contributed by atoms with van der Waals surface area (Å²) in [5, 5.41) is 0. The number of aromatic nitrogens is 1. The van der Waals surface area contributed by atoms with Gasteiger partial charge >= 0.3 is 0 Å². The van der Waals surface area contributed by atoms with Crippen molar-refractivity contribution in [2.75, 3.05) is 13.6 Å². The number of nitrogens with two attached hydrogens (primary N) is 1. The highest BCUT2D eigenvalue weighted by Gasteiger charge is 2.26. The molecule has 1 fully saturated rings. The topological polar surface area (TPSA) is 42.1 Å². The molecule has 1 heterocycles. The lowest BCUT2D eigenvalue weighted by Crippen LogP contribution is -2.41. The van der Waals surface area contributed by atoms with Crippen molar-refractivity contribution in [3.8, 4) is 0 Å². The normalized spacial score (nSPS) is 28.6. The lowest BCUT2D eigenvalue weighted by atomic mass is 9.79. The van der Waals surface area contributed by atoms with Crippen molar-refractivity contribution in [2.45, 2.75) is 38.8 Å². The summed E-state index contributed by atoms with van der Waals surface area (Å²) in [5.74, 6) is 1.49. The van der Waals surface area contributed by atoms with E-state index in [9.17, 15) is 0 Å². The summed E-state index contributed by atoms with van der Waals surface area (Å²) in [4.78, 5) is 6.44. The van der Waals surface area contributed by atoms with Crippen molar-refractivity contribution in [1.82, 2.24) is 9.88 Å². The summed E-state index contributed by atoms with van der Waals surface area (Å²) in [6, 6.07) is 4.56. The summed E-state index contributed by atoms with van der Waals surface area (Å²) < 4.78 is 0. The van der Waals surface area contributed by atoms with E-state index in [0.717, 1.165) is 19.0 Å². The Morgan fingerprint density at radius 2 is 2.06 bits per heavy atom. The van der Waals surface area contributed by atoms with Crippen LogP contribution in [0, 0.1) is 11.8 Å². The summed E-state index contributed by atoms with van der Waals surface area (Å²) >= 11 is 0. The van der Waals surface area contributed by atoms with Gasteiger partial charge < -0.3 is 10.6 Å². The van der Waals surface area contributed by atoms with Crippen molar-refractivity contribution in [2.24, 2.45) is 17.6 Å². The molecule has 0 spiro atoms. The van der Waals surface area contributed by atoms with Crippen LogP contribution in [0.15, 0.2) is 24.5 Å². The van der Waals surface area contributed by atoms with Crippen molar-refractivity contribution >= 4 is 0 Å². The van der Waals surface area contributed by atoms with Gasteiger partial charge in [-0.15, -0.1) is 0 Å². The molecule has 0 amide bonds. The van der Waals surface area contributed by atoms with Gasteiger partial charge in [-0.3, -0.25) is 4.98 Å². The molecule has 0 aromatic carbocycles. The maximum Gasteiger partial charge on any atom is 0.0271 e. The van der Waals surface area contributed by atoms with Crippen LogP contribution in [0.4, 0.5) is 0 Å². The Hall–Kier alpha value is -0.930. The Morgan fingerprint density at radius 1 is 1.33 bits per heavy atom. The standard InChI is InChI=1S/C15H25N3/c1-12-3-4-15(16)14(9-12)11-18(2)10-13-5-7-17-8-6-13/h5-8,12,14-15H,3-4,9-11,16H2,1-2H3. The second-order valence-corrected chi connectivity index (χ2v) is 5.89. The van der Waals surface area contributed by atoms with E-state index in [0.29, 0.717) is 12.0 Å². The molecule has 1 saturated carbocycles.